The highest BCUT2D eigenvalue weighted by Crippen LogP contribution is 2.09. The molecule has 0 aliphatic rings. The van der Waals surface area contributed by atoms with Crippen LogP contribution < -0.4 is 0 Å². The molecule has 0 N–H and O–H groups in total. The molecular formula is C63H98O6. The van der Waals surface area contributed by atoms with Crippen LogP contribution in [-0.2, 0) is 28.6 Å². The Kier molecular flexibility index (Phi) is 52.1. The molecule has 0 spiro atoms. The van der Waals surface area contributed by atoms with Crippen molar-refractivity contribution in [2.45, 2.75) is 219 Å². The summed E-state index contributed by atoms with van der Waals surface area (Å²) in [6, 6.07) is 0. The Bertz CT molecular complexity index is 1480. The van der Waals surface area contributed by atoms with E-state index in [0.29, 0.717) is 19.3 Å². The van der Waals surface area contributed by atoms with Crippen molar-refractivity contribution >= 4 is 17.9 Å². The van der Waals surface area contributed by atoms with E-state index in [0.717, 1.165) is 77.0 Å². The van der Waals surface area contributed by atoms with Crippen LogP contribution >= 0.6 is 0 Å². The SMILES string of the molecule is CCCCC/C=C/C/C=C/C/C=C/C/C=C/CCCC(=O)OCC(COC(=O)CCC/C=C/C/C=C/C/C=C/C/C=C/CCCCC)OC(=O)CCC/C=C/C/C=C/C/C=C/C/C=C/CCCCC. The van der Waals surface area contributed by atoms with E-state index in [9.17, 15) is 14.4 Å². The normalized spacial score (nSPS) is 12.9. The number of rotatable bonds is 47. The van der Waals surface area contributed by atoms with Gasteiger partial charge in [0.25, 0.3) is 0 Å². The van der Waals surface area contributed by atoms with Gasteiger partial charge < -0.3 is 14.2 Å². The predicted octanol–water partition coefficient (Wildman–Crippen LogP) is 18.4. The quantitative estimate of drug-likeness (QED) is 0.0262. The summed E-state index contributed by atoms with van der Waals surface area (Å²) in [5.41, 5.74) is 0. The molecule has 0 aromatic rings. The van der Waals surface area contributed by atoms with Gasteiger partial charge in [-0.1, -0.05) is 205 Å². The topological polar surface area (TPSA) is 78.9 Å². The average molecular weight is 951 g/mol. The van der Waals surface area contributed by atoms with Crippen molar-refractivity contribution < 1.29 is 28.6 Å². The van der Waals surface area contributed by atoms with Gasteiger partial charge in [0.2, 0.25) is 0 Å². The Morgan fingerprint density at radius 2 is 0.507 bits per heavy atom. The first-order valence-electron chi connectivity index (χ1n) is 27.3. The Morgan fingerprint density at radius 3 is 0.754 bits per heavy atom. The second kappa shape index (κ2) is 55.9. The van der Waals surface area contributed by atoms with Crippen molar-refractivity contribution in [3.8, 4) is 0 Å². The molecule has 69 heavy (non-hydrogen) atoms. The van der Waals surface area contributed by atoms with Crippen LogP contribution in [0.5, 0.6) is 0 Å². The molecular weight excluding hydrogens is 853 g/mol. The molecule has 6 heteroatoms. The fourth-order valence-corrected chi connectivity index (χ4v) is 6.65. The van der Waals surface area contributed by atoms with Crippen LogP contribution in [0, 0.1) is 0 Å². The van der Waals surface area contributed by atoms with Gasteiger partial charge in [-0.2, -0.15) is 0 Å². The van der Waals surface area contributed by atoms with Crippen LogP contribution in [0.25, 0.3) is 0 Å². The zero-order valence-electron chi connectivity index (χ0n) is 44.0. The van der Waals surface area contributed by atoms with E-state index in [1.165, 1.54) is 77.0 Å². The summed E-state index contributed by atoms with van der Waals surface area (Å²) in [6.07, 6.45) is 79.9. The maximum atomic E-state index is 12.8. The second-order valence-corrected chi connectivity index (χ2v) is 17.4. The summed E-state index contributed by atoms with van der Waals surface area (Å²) in [4.78, 5) is 38.0. The van der Waals surface area contributed by atoms with Crippen molar-refractivity contribution in [3.63, 3.8) is 0 Å². The van der Waals surface area contributed by atoms with Crippen LogP contribution in [0.15, 0.2) is 146 Å². The predicted molar refractivity (Wildman–Crippen MR) is 297 cm³/mol. The summed E-state index contributed by atoms with van der Waals surface area (Å²) < 4.78 is 16.7. The lowest BCUT2D eigenvalue weighted by atomic mass is 10.2. The molecule has 0 bridgehead atoms. The van der Waals surface area contributed by atoms with E-state index < -0.39 is 12.1 Å². The minimum atomic E-state index is -0.857. The largest absolute Gasteiger partial charge is 0.462 e. The Labute approximate surface area is 423 Å². The van der Waals surface area contributed by atoms with E-state index in [1.807, 2.05) is 0 Å². The molecule has 0 heterocycles. The molecule has 386 valence electrons. The van der Waals surface area contributed by atoms with Crippen LogP contribution in [-0.4, -0.2) is 37.2 Å². The number of hydrogen-bond donors (Lipinski definition) is 0. The van der Waals surface area contributed by atoms with Gasteiger partial charge in [0.15, 0.2) is 6.10 Å². The van der Waals surface area contributed by atoms with Crippen molar-refractivity contribution in [3.05, 3.63) is 146 Å². The Balaban J connectivity index is 4.68. The third-order valence-corrected chi connectivity index (χ3v) is 10.8. The first-order valence-corrected chi connectivity index (χ1v) is 27.3. The van der Waals surface area contributed by atoms with Crippen molar-refractivity contribution in [2.75, 3.05) is 13.2 Å². The van der Waals surface area contributed by atoms with Crippen molar-refractivity contribution in [1.29, 1.82) is 0 Å². The van der Waals surface area contributed by atoms with E-state index in [4.69, 9.17) is 14.2 Å². The van der Waals surface area contributed by atoms with Gasteiger partial charge in [0.1, 0.15) is 13.2 Å². The summed E-state index contributed by atoms with van der Waals surface area (Å²) in [7, 11) is 0. The highest BCUT2D eigenvalue weighted by atomic mass is 16.6. The molecule has 0 rings (SSSR count). The molecule has 0 saturated carbocycles. The summed E-state index contributed by atoms with van der Waals surface area (Å²) in [5.74, 6) is -1.13. The number of allylic oxidation sites excluding steroid dienone is 24. The van der Waals surface area contributed by atoms with Crippen LogP contribution in [0.2, 0.25) is 0 Å². The smallest absolute Gasteiger partial charge is 0.306 e. The Morgan fingerprint density at radius 1 is 0.290 bits per heavy atom. The van der Waals surface area contributed by atoms with Gasteiger partial charge >= 0.3 is 17.9 Å². The molecule has 0 aliphatic heterocycles. The lowest BCUT2D eigenvalue weighted by Gasteiger charge is -2.18. The number of carbonyl (C=O) groups is 3. The highest BCUT2D eigenvalue weighted by Gasteiger charge is 2.19. The summed E-state index contributed by atoms with van der Waals surface area (Å²) in [5, 5.41) is 0. The monoisotopic (exact) mass is 951 g/mol. The van der Waals surface area contributed by atoms with Gasteiger partial charge in [-0.15, -0.1) is 0 Å². The van der Waals surface area contributed by atoms with Crippen LogP contribution in [0.3, 0.4) is 0 Å². The van der Waals surface area contributed by atoms with Gasteiger partial charge in [-0.05, 0) is 135 Å². The fraction of sp³-hybridized carbons (Fsp3) is 0.571. The fourth-order valence-electron chi connectivity index (χ4n) is 6.65. The van der Waals surface area contributed by atoms with Crippen molar-refractivity contribution in [1.82, 2.24) is 0 Å². The first-order chi connectivity index (χ1) is 34.0. The maximum absolute atomic E-state index is 12.8. The number of carbonyl (C=O) groups excluding carboxylic acids is 3. The number of unbranched alkanes of at least 4 members (excludes halogenated alkanes) is 12. The number of hydrogen-bond acceptors (Lipinski definition) is 6. The molecule has 0 radical (unpaired) electrons. The second-order valence-electron chi connectivity index (χ2n) is 17.4. The molecule has 6 nitrogen and oxygen atoms in total. The molecule has 0 unspecified atom stereocenters. The van der Waals surface area contributed by atoms with Gasteiger partial charge in [0, 0.05) is 19.3 Å². The standard InChI is InChI=1S/C63H98O6/c1-4-7-10-13-16-19-22-25-28-31-34-37-40-43-46-49-52-55-61(64)67-58-60(69-63(66)57-54-51-48-45-42-39-36-33-30-27-24-21-18-15-12-9-6-3)59-68-62(65)56-53-50-47-44-41-38-35-32-29-26-23-20-17-14-11-8-5-2/h16-21,25-30,34-39,43-48,60H,4-15,22-24,31-33,40-42,49-59H2,1-3H3/b19-16+,20-17+,21-18+,28-25+,29-26+,30-27+,37-34+,38-35+,39-36+,46-43+,47-44+,48-45+. The van der Waals surface area contributed by atoms with Gasteiger partial charge in [-0.3, -0.25) is 14.4 Å². The first kappa shape index (κ1) is 64.3. The van der Waals surface area contributed by atoms with E-state index in [2.05, 4.69) is 167 Å². The average Bonchev–Trinajstić information content (AvgIpc) is 3.35. The molecule has 0 saturated heterocycles. The lowest BCUT2D eigenvalue weighted by molar-refractivity contribution is -0.166. The maximum Gasteiger partial charge on any atom is 0.306 e. The minimum Gasteiger partial charge on any atom is -0.462 e. The van der Waals surface area contributed by atoms with Gasteiger partial charge in [0.05, 0.1) is 0 Å². The van der Waals surface area contributed by atoms with Gasteiger partial charge in [-0.25, -0.2) is 0 Å². The number of esters is 3. The third-order valence-electron chi connectivity index (χ3n) is 10.8. The summed E-state index contributed by atoms with van der Waals surface area (Å²) in [6.45, 7) is 6.39. The minimum absolute atomic E-state index is 0.151. The number of ether oxygens (including phenoxy) is 3. The lowest BCUT2D eigenvalue weighted by Crippen LogP contribution is -2.30. The summed E-state index contributed by atoms with van der Waals surface area (Å²) >= 11 is 0. The van der Waals surface area contributed by atoms with E-state index >= 15 is 0 Å². The molecule has 0 fully saturated rings. The van der Waals surface area contributed by atoms with Crippen LogP contribution in [0.4, 0.5) is 0 Å². The van der Waals surface area contributed by atoms with E-state index in [1.54, 1.807) is 0 Å². The highest BCUT2D eigenvalue weighted by molar-refractivity contribution is 5.71. The third kappa shape index (κ3) is 54.1. The zero-order valence-corrected chi connectivity index (χ0v) is 44.0. The van der Waals surface area contributed by atoms with Crippen LogP contribution in [0.1, 0.15) is 213 Å². The molecule has 0 atom stereocenters. The zero-order chi connectivity index (χ0) is 50.0. The molecule has 0 aromatic carbocycles. The molecule has 0 aromatic heterocycles. The molecule has 0 amide bonds. The van der Waals surface area contributed by atoms with E-state index in [-0.39, 0.29) is 44.4 Å². The molecule has 0 aliphatic carbocycles. The van der Waals surface area contributed by atoms with Crippen molar-refractivity contribution in [2.24, 2.45) is 0 Å². The Hall–Kier alpha value is -4.71.